The van der Waals surface area contributed by atoms with Gasteiger partial charge in [0, 0.05) is 20.5 Å². The molecule has 0 radical (unpaired) electrons. The van der Waals surface area contributed by atoms with Crippen molar-refractivity contribution in [2.75, 3.05) is 20.7 Å². The Morgan fingerprint density at radius 2 is 1.96 bits per heavy atom. The molecule has 0 aliphatic carbocycles. The Labute approximate surface area is 141 Å². The van der Waals surface area contributed by atoms with Gasteiger partial charge in [0.2, 0.25) is 0 Å². The third kappa shape index (κ3) is 5.53. The molecule has 8 heteroatoms. The number of hydrogen-bond donors (Lipinski definition) is 0. The molecule has 0 aliphatic heterocycles. The maximum Gasteiger partial charge on any atom is 0.346 e. The van der Waals surface area contributed by atoms with Crippen LogP contribution in [0.4, 0.5) is 4.79 Å². The Bertz CT molecular complexity index is 531. The monoisotopic (exact) mass is 342 g/mol. The minimum Gasteiger partial charge on any atom is -0.465 e. The zero-order valence-corrected chi connectivity index (χ0v) is 15.4. The van der Waals surface area contributed by atoms with Gasteiger partial charge in [0.1, 0.15) is 5.25 Å². The number of esters is 1. The summed E-state index contributed by atoms with van der Waals surface area (Å²) in [6.45, 7) is 6.15. The molecule has 1 aromatic heterocycles. The molecule has 0 aliphatic rings. The number of thioether (sulfide) groups is 1. The Kier molecular flexibility index (Phi) is 8.08. The highest BCUT2D eigenvalue weighted by atomic mass is 32.2. The zero-order chi connectivity index (χ0) is 17.4. The van der Waals surface area contributed by atoms with Gasteiger partial charge in [0.25, 0.3) is 0 Å². The van der Waals surface area contributed by atoms with Gasteiger partial charge >= 0.3 is 12.0 Å². The average Bonchev–Trinajstić information content (AvgIpc) is 2.89. The number of hydrogen-bond acceptors (Lipinski definition) is 6. The van der Waals surface area contributed by atoms with Gasteiger partial charge in [-0.15, -0.1) is 5.10 Å². The van der Waals surface area contributed by atoms with Crippen LogP contribution in [0.5, 0.6) is 0 Å². The average molecular weight is 342 g/mol. The molecule has 0 aromatic carbocycles. The summed E-state index contributed by atoms with van der Waals surface area (Å²) in [7, 11) is 3.32. The second-order valence-electron chi connectivity index (χ2n) is 5.30. The standard InChI is InChI=1S/C15H26N4O3S/c1-6-9-11(13(20)22-8-3)23-14-16-12(10-7-2)17-19(14)15(21)18(4)5/h11H,6-10H2,1-5H3. The number of rotatable bonds is 8. The van der Waals surface area contributed by atoms with Crippen LogP contribution in [0.15, 0.2) is 5.16 Å². The SMILES string of the molecule is CCCc1nc(SC(CCC)C(=O)OCC)n(C(=O)N(C)C)n1. The Morgan fingerprint density at radius 3 is 2.48 bits per heavy atom. The first-order valence-electron chi connectivity index (χ1n) is 7.95. The minimum absolute atomic E-state index is 0.275. The van der Waals surface area contributed by atoms with Crippen molar-refractivity contribution in [2.24, 2.45) is 0 Å². The maximum atomic E-state index is 12.3. The molecular weight excluding hydrogens is 316 g/mol. The second-order valence-corrected chi connectivity index (χ2v) is 6.47. The lowest BCUT2D eigenvalue weighted by atomic mass is 10.2. The summed E-state index contributed by atoms with van der Waals surface area (Å²) < 4.78 is 6.39. The van der Waals surface area contributed by atoms with Crippen LogP contribution in [0.25, 0.3) is 0 Å². The molecule has 130 valence electrons. The van der Waals surface area contributed by atoms with E-state index in [4.69, 9.17) is 4.74 Å². The van der Waals surface area contributed by atoms with E-state index >= 15 is 0 Å². The number of carbonyl (C=O) groups excluding carboxylic acids is 2. The van der Waals surface area contributed by atoms with Crippen molar-refractivity contribution >= 4 is 23.8 Å². The lowest BCUT2D eigenvalue weighted by molar-refractivity contribution is -0.142. The second kappa shape index (κ2) is 9.54. The fourth-order valence-corrected chi connectivity index (χ4v) is 3.06. The van der Waals surface area contributed by atoms with Crippen LogP contribution in [0.1, 0.15) is 45.9 Å². The number of aryl methyl sites for hydroxylation is 1. The highest BCUT2D eigenvalue weighted by Crippen LogP contribution is 2.26. The van der Waals surface area contributed by atoms with Crippen LogP contribution in [-0.2, 0) is 16.0 Å². The van der Waals surface area contributed by atoms with Crippen molar-refractivity contribution in [1.82, 2.24) is 19.7 Å². The van der Waals surface area contributed by atoms with Crippen LogP contribution in [0.2, 0.25) is 0 Å². The van der Waals surface area contributed by atoms with Gasteiger partial charge in [-0.25, -0.2) is 9.78 Å². The van der Waals surface area contributed by atoms with E-state index in [9.17, 15) is 9.59 Å². The van der Waals surface area contributed by atoms with E-state index in [1.54, 1.807) is 21.0 Å². The summed E-state index contributed by atoms with van der Waals surface area (Å²) in [6.07, 6.45) is 3.09. The third-order valence-electron chi connectivity index (χ3n) is 3.01. The summed E-state index contributed by atoms with van der Waals surface area (Å²) in [5.41, 5.74) is 0. The predicted molar refractivity (Wildman–Crippen MR) is 89.7 cm³/mol. The molecule has 1 atom stereocenters. The van der Waals surface area contributed by atoms with Crippen molar-refractivity contribution in [3.63, 3.8) is 0 Å². The van der Waals surface area contributed by atoms with Gasteiger partial charge in [-0.1, -0.05) is 32.0 Å². The largest absolute Gasteiger partial charge is 0.465 e. The summed E-state index contributed by atoms with van der Waals surface area (Å²) in [5.74, 6) is 0.340. The van der Waals surface area contributed by atoms with Crippen molar-refractivity contribution in [1.29, 1.82) is 0 Å². The fraction of sp³-hybridized carbons (Fsp3) is 0.733. The first-order valence-corrected chi connectivity index (χ1v) is 8.83. The molecule has 1 unspecified atom stereocenters. The Balaban J connectivity index is 3.07. The summed E-state index contributed by atoms with van der Waals surface area (Å²) in [4.78, 5) is 30.2. The lowest BCUT2D eigenvalue weighted by Crippen LogP contribution is -2.29. The molecule has 0 fully saturated rings. The van der Waals surface area contributed by atoms with Gasteiger partial charge in [0.05, 0.1) is 6.61 Å². The number of aromatic nitrogens is 3. The molecule has 1 rings (SSSR count). The molecule has 0 spiro atoms. The number of amides is 1. The lowest BCUT2D eigenvalue weighted by Gasteiger charge is -2.15. The Hall–Kier alpha value is -1.57. The summed E-state index contributed by atoms with van der Waals surface area (Å²) in [6, 6.07) is -0.276. The number of ether oxygens (including phenoxy) is 1. The van der Waals surface area contributed by atoms with Gasteiger partial charge in [0.15, 0.2) is 11.0 Å². The molecule has 1 amide bonds. The quantitative estimate of drug-likeness (QED) is 0.534. The molecule has 0 saturated heterocycles. The third-order valence-corrected chi connectivity index (χ3v) is 4.19. The molecule has 1 aromatic rings. The van der Waals surface area contributed by atoms with E-state index in [0.29, 0.717) is 30.4 Å². The molecule has 0 saturated carbocycles. The van der Waals surface area contributed by atoms with Crippen LogP contribution < -0.4 is 0 Å². The van der Waals surface area contributed by atoms with Gasteiger partial charge in [-0.3, -0.25) is 4.79 Å². The van der Waals surface area contributed by atoms with E-state index in [1.807, 2.05) is 13.8 Å². The van der Waals surface area contributed by atoms with Crippen LogP contribution >= 0.6 is 11.8 Å². The van der Waals surface area contributed by atoms with E-state index in [-0.39, 0.29) is 17.3 Å². The highest BCUT2D eigenvalue weighted by molar-refractivity contribution is 8.00. The van der Waals surface area contributed by atoms with Crippen molar-refractivity contribution in [3.8, 4) is 0 Å². The minimum atomic E-state index is -0.382. The topological polar surface area (TPSA) is 77.3 Å². The van der Waals surface area contributed by atoms with E-state index in [1.165, 1.54) is 21.3 Å². The fourth-order valence-electron chi connectivity index (χ4n) is 1.91. The Morgan fingerprint density at radius 1 is 1.26 bits per heavy atom. The molecule has 0 N–H and O–H groups in total. The van der Waals surface area contributed by atoms with E-state index in [2.05, 4.69) is 10.1 Å². The summed E-state index contributed by atoms with van der Waals surface area (Å²) >= 11 is 1.25. The normalized spacial score (nSPS) is 12.0. The summed E-state index contributed by atoms with van der Waals surface area (Å²) in [5, 5.41) is 4.34. The van der Waals surface area contributed by atoms with Crippen molar-refractivity contribution in [2.45, 2.75) is 56.9 Å². The molecule has 1 heterocycles. The van der Waals surface area contributed by atoms with Crippen LogP contribution in [0.3, 0.4) is 0 Å². The van der Waals surface area contributed by atoms with Gasteiger partial charge < -0.3 is 9.64 Å². The van der Waals surface area contributed by atoms with Crippen LogP contribution in [0, 0.1) is 0 Å². The van der Waals surface area contributed by atoms with E-state index in [0.717, 1.165) is 12.8 Å². The van der Waals surface area contributed by atoms with Gasteiger partial charge in [-0.2, -0.15) is 4.68 Å². The van der Waals surface area contributed by atoms with E-state index < -0.39 is 0 Å². The predicted octanol–water partition coefficient (Wildman–Crippen LogP) is 2.58. The molecular formula is C15H26N4O3S. The van der Waals surface area contributed by atoms with Crippen LogP contribution in [-0.4, -0.2) is 57.6 Å². The zero-order valence-electron chi connectivity index (χ0n) is 14.5. The smallest absolute Gasteiger partial charge is 0.346 e. The van der Waals surface area contributed by atoms with Gasteiger partial charge in [-0.05, 0) is 19.8 Å². The molecule has 0 bridgehead atoms. The van der Waals surface area contributed by atoms with Crippen molar-refractivity contribution in [3.05, 3.63) is 5.82 Å². The number of carbonyl (C=O) groups is 2. The van der Waals surface area contributed by atoms with Crippen molar-refractivity contribution < 1.29 is 14.3 Å². The molecule has 7 nitrogen and oxygen atoms in total. The maximum absolute atomic E-state index is 12.3. The molecule has 23 heavy (non-hydrogen) atoms. The first-order chi connectivity index (χ1) is 10.9. The first kappa shape index (κ1) is 19.5. The highest BCUT2D eigenvalue weighted by Gasteiger charge is 2.26. The number of nitrogens with zero attached hydrogens (tertiary/aromatic N) is 4.